The third-order valence-electron chi connectivity index (χ3n) is 3.91. The summed E-state index contributed by atoms with van der Waals surface area (Å²) in [6.07, 6.45) is 0.331. The fourth-order valence-electron chi connectivity index (χ4n) is 2.66. The van der Waals surface area contributed by atoms with Gasteiger partial charge in [-0.05, 0) is 0 Å². The zero-order valence-corrected chi connectivity index (χ0v) is 13.7. The van der Waals surface area contributed by atoms with Gasteiger partial charge in [-0.25, -0.2) is 4.98 Å². The van der Waals surface area contributed by atoms with E-state index < -0.39 is 18.4 Å². The van der Waals surface area contributed by atoms with Crippen molar-refractivity contribution in [1.29, 1.82) is 0 Å². The molecule has 0 aromatic carbocycles. The quantitative estimate of drug-likeness (QED) is 0.784. The highest BCUT2D eigenvalue weighted by Gasteiger charge is 2.35. The van der Waals surface area contributed by atoms with E-state index in [1.807, 2.05) is 38.0 Å². The molecule has 0 saturated carbocycles. The van der Waals surface area contributed by atoms with Crippen molar-refractivity contribution in [3.63, 3.8) is 0 Å². The highest BCUT2D eigenvalue weighted by molar-refractivity contribution is 5.84. The third kappa shape index (κ3) is 2.71. The Bertz CT molecular complexity index is 701. The summed E-state index contributed by atoms with van der Waals surface area (Å²) < 4.78 is 7.50. The van der Waals surface area contributed by atoms with Crippen molar-refractivity contribution in [3.8, 4) is 0 Å². The Morgan fingerprint density at radius 3 is 2.57 bits per heavy atom. The van der Waals surface area contributed by atoms with Crippen LogP contribution in [0.3, 0.4) is 0 Å². The zero-order valence-electron chi connectivity index (χ0n) is 13.7. The lowest BCUT2D eigenvalue weighted by molar-refractivity contribution is -0.0432. The molecular weight excluding hydrogens is 300 g/mol. The molecule has 0 unspecified atom stereocenters. The highest BCUT2D eigenvalue weighted by atomic mass is 16.5. The molecule has 2 aromatic rings. The van der Waals surface area contributed by atoms with E-state index in [-0.39, 0.29) is 6.61 Å². The SMILES string of the molecule is CN(C)c1nc(N(C)C)c2ncn([C@H]3C[C@H](O)[C@@H](CO)O3)c2n1. The van der Waals surface area contributed by atoms with Gasteiger partial charge >= 0.3 is 0 Å². The average Bonchev–Trinajstić information content (AvgIpc) is 3.08. The normalized spacial score (nSPS) is 24.3. The summed E-state index contributed by atoms with van der Waals surface area (Å²) in [4.78, 5) is 17.2. The highest BCUT2D eigenvalue weighted by Crippen LogP contribution is 2.32. The fraction of sp³-hybridized carbons (Fsp3) is 0.643. The number of aliphatic hydroxyl groups is 2. The first-order valence-corrected chi connectivity index (χ1v) is 7.46. The maximum absolute atomic E-state index is 9.95. The lowest BCUT2D eigenvalue weighted by Gasteiger charge is -2.18. The fourth-order valence-corrected chi connectivity index (χ4v) is 2.66. The van der Waals surface area contributed by atoms with Crippen LogP contribution >= 0.6 is 0 Å². The maximum atomic E-state index is 9.95. The van der Waals surface area contributed by atoms with Gasteiger partial charge in [0.05, 0.1) is 19.0 Å². The summed E-state index contributed by atoms with van der Waals surface area (Å²) in [5.74, 6) is 1.29. The van der Waals surface area contributed by atoms with Gasteiger partial charge in [0.2, 0.25) is 5.95 Å². The molecule has 3 atom stereocenters. The van der Waals surface area contributed by atoms with E-state index in [0.717, 1.165) is 5.82 Å². The van der Waals surface area contributed by atoms with Crippen molar-refractivity contribution in [2.75, 3.05) is 44.6 Å². The molecular formula is C14H22N6O3. The number of imidazole rings is 1. The lowest BCUT2D eigenvalue weighted by atomic mass is 10.2. The molecule has 9 nitrogen and oxygen atoms in total. The van der Waals surface area contributed by atoms with E-state index in [9.17, 15) is 10.2 Å². The van der Waals surface area contributed by atoms with Crippen LogP contribution in [0.25, 0.3) is 11.2 Å². The minimum atomic E-state index is -0.703. The van der Waals surface area contributed by atoms with Crippen LogP contribution in [0.2, 0.25) is 0 Å². The van der Waals surface area contributed by atoms with Crippen molar-refractivity contribution in [3.05, 3.63) is 6.33 Å². The average molecular weight is 322 g/mol. The van der Waals surface area contributed by atoms with Crippen molar-refractivity contribution < 1.29 is 14.9 Å². The molecule has 2 N–H and O–H groups in total. The Morgan fingerprint density at radius 1 is 1.26 bits per heavy atom. The van der Waals surface area contributed by atoms with E-state index in [4.69, 9.17) is 4.74 Å². The molecule has 3 rings (SSSR count). The molecule has 0 aliphatic carbocycles. The van der Waals surface area contributed by atoms with E-state index in [1.165, 1.54) is 0 Å². The molecule has 126 valence electrons. The second-order valence-electron chi connectivity index (χ2n) is 6.07. The largest absolute Gasteiger partial charge is 0.394 e. The van der Waals surface area contributed by atoms with Gasteiger partial charge in [-0.1, -0.05) is 0 Å². The van der Waals surface area contributed by atoms with Crippen molar-refractivity contribution in [2.24, 2.45) is 0 Å². The lowest BCUT2D eigenvalue weighted by Crippen LogP contribution is -2.24. The number of nitrogens with zero attached hydrogens (tertiary/aromatic N) is 6. The van der Waals surface area contributed by atoms with Crippen molar-refractivity contribution in [2.45, 2.75) is 24.9 Å². The number of hydrogen-bond donors (Lipinski definition) is 2. The van der Waals surface area contributed by atoms with Crippen LogP contribution in [0.1, 0.15) is 12.6 Å². The maximum Gasteiger partial charge on any atom is 0.228 e. The zero-order chi connectivity index (χ0) is 16.7. The Kier molecular flexibility index (Phi) is 4.09. The minimum Gasteiger partial charge on any atom is -0.394 e. The summed E-state index contributed by atoms with van der Waals surface area (Å²) in [7, 11) is 7.55. The van der Waals surface area contributed by atoms with Gasteiger partial charge in [0.15, 0.2) is 17.0 Å². The summed E-state index contributed by atoms with van der Waals surface area (Å²) in [6, 6.07) is 0. The number of rotatable bonds is 4. The van der Waals surface area contributed by atoms with Crippen LogP contribution in [0.15, 0.2) is 6.33 Å². The smallest absolute Gasteiger partial charge is 0.228 e. The molecule has 1 aliphatic rings. The molecule has 9 heteroatoms. The molecule has 2 aromatic heterocycles. The Labute approximate surface area is 134 Å². The number of fused-ring (bicyclic) bond motifs is 1. The molecule has 1 saturated heterocycles. The second kappa shape index (κ2) is 5.91. The topological polar surface area (TPSA) is 99.8 Å². The van der Waals surface area contributed by atoms with Crippen LogP contribution in [-0.4, -0.2) is 76.7 Å². The number of anilines is 2. The number of aliphatic hydroxyl groups excluding tert-OH is 2. The molecule has 0 spiro atoms. The predicted octanol–water partition coefficient (Wildman–Crippen LogP) is -0.401. The molecule has 1 aliphatic heterocycles. The van der Waals surface area contributed by atoms with Crippen LogP contribution in [0, 0.1) is 0 Å². The molecule has 0 bridgehead atoms. The minimum absolute atomic E-state index is 0.217. The van der Waals surface area contributed by atoms with Gasteiger partial charge in [-0.15, -0.1) is 0 Å². The van der Waals surface area contributed by atoms with E-state index in [1.54, 1.807) is 10.9 Å². The molecule has 0 radical (unpaired) electrons. The van der Waals surface area contributed by atoms with Gasteiger partial charge in [-0.3, -0.25) is 4.57 Å². The van der Waals surface area contributed by atoms with E-state index in [0.29, 0.717) is 23.5 Å². The van der Waals surface area contributed by atoms with Gasteiger partial charge in [0.1, 0.15) is 12.3 Å². The Hall–Kier alpha value is -1.97. The Balaban J connectivity index is 2.09. The first-order chi connectivity index (χ1) is 10.9. The summed E-state index contributed by atoms with van der Waals surface area (Å²) >= 11 is 0. The molecule has 3 heterocycles. The van der Waals surface area contributed by atoms with E-state index >= 15 is 0 Å². The Morgan fingerprint density at radius 2 is 2.00 bits per heavy atom. The number of aromatic nitrogens is 4. The van der Waals surface area contributed by atoms with Crippen LogP contribution in [-0.2, 0) is 4.74 Å². The summed E-state index contributed by atoms with van der Waals surface area (Å²) in [5, 5.41) is 19.2. The number of ether oxygens (including phenoxy) is 1. The first kappa shape index (κ1) is 15.9. The summed E-state index contributed by atoms with van der Waals surface area (Å²) in [6.45, 7) is -0.217. The predicted molar refractivity (Wildman–Crippen MR) is 85.6 cm³/mol. The third-order valence-corrected chi connectivity index (χ3v) is 3.91. The number of hydrogen-bond acceptors (Lipinski definition) is 8. The van der Waals surface area contributed by atoms with Gasteiger partial charge in [0.25, 0.3) is 0 Å². The molecule has 23 heavy (non-hydrogen) atoms. The molecule has 0 amide bonds. The summed E-state index contributed by atoms with van der Waals surface area (Å²) in [5.41, 5.74) is 1.31. The van der Waals surface area contributed by atoms with Crippen LogP contribution in [0.5, 0.6) is 0 Å². The van der Waals surface area contributed by atoms with E-state index in [2.05, 4.69) is 15.0 Å². The van der Waals surface area contributed by atoms with Crippen molar-refractivity contribution >= 4 is 22.9 Å². The first-order valence-electron chi connectivity index (χ1n) is 7.46. The standard InChI is InChI=1S/C14H22N6O3/c1-18(2)12-11-13(17-14(16-12)19(3)4)20(7-15-11)10-5-8(22)9(6-21)23-10/h7-10,21-22H,5-6H2,1-4H3/t8-,9+,10+/m0/s1. The van der Waals surface area contributed by atoms with Gasteiger partial charge < -0.3 is 24.7 Å². The second-order valence-corrected chi connectivity index (χ2v) is 6.07. The van der Waals surface area contributed by atoms with Crippen molar-refractivity contribution in [1.82, 2.24) is 19.5 Å². The van der Waals surface area contributed by atoms with Gasteiger partial charge in [-0.2, -0.15) is 9.97 Å². The van der Waals surface area contributed by atoms with Gasteiger partial charge in [0, 0.05) is 34.6 Å². The van der Waals surface area contributed by atoms with Crippen LogP contribution in [0.4, 0.5) is 11.8 Å². The van der Waals surface area contributed by atoms with Crippen LogP contribution < -0.4 is 9.80 Å². The molecule has 1 fully saturated rings. The monoisotopic (exact) mass is 322 g/mol.